The number of carbonyl (C=O) groups is 1. The lowest BCUT2D eigenvalue weighted by Crippen LogP contribution is -2.33. The number of aryl methyl sites for hydroxylation is 1. The number of anilines is 1. The number of aromatic nitrogens is 3. The Morgan fingerprint density at radius 1 is 1.46 bits per heavy atom. The second-order valence-electron chi connectivity index (χ2n) is 4.84. The molecule has 3 N–H and O–H groups in total. The molecule has 0 saturated carbocycles. The molecule has 128 valence electrons. The van der Waals surface area contributed by atoms with Crippen molar-refractivity contribution < 1.29 is 9.53 Å². The zero-order valence-electron chi connectivity index (χ0n) is 13.2. The van der Waals surface area contributed by atoms with Crippen molar-refractivity contribution in [3.8, 4) is 5.75 Å². The number of nitrogen functional groups attached to an aromatic ring is 1. The van der Waals surface area contributed by atoms with Crippen LogP contribution in [0, 0.1) is 6.92 Å². The predicted octanol–water partition coefficient (Wildman–Crippen LogP) is 1.44. The smallest absolute Gasteiger partial charge is 0.294 e. The van der Waals surface area contributed by atoms with Crippen molar-refractivity contribution >= 4 is 35.0 Å². The van der Waals surface area contributed by atoms with Crippen molar-refractivity contribution in [2.75, 3.05) is 18.3 Å². The van der Waals surface area contributed by atoms with E-state index in [1.807, 2.05) is 0 Å². The third-order valence-corrected chi connectivity index (χ3v) is 4.38. The Kier molecular flexibility index (Phi) is 5.68. The molecule has 0 aliphatic heterocycles. The van der Waals surface area contributed by atoms with E-state index in [0.29, 0.717) is 16.5 Å². The van der Waals surface area contributed by atoms with Gasteiger partial charge < -0.3 is 15.9 Å². The number of ether oxygens (including phenoxy) is 1. The summed E-state index contributed by atoms with van der Waals surface area (Å²) in [5.74, 6) is 5.82. The monoisotopic (exact) mass is 369 g/mol. The first-order valence-corrected chi connectivity index (χ1v) is 8.11. The molecule has 0 spiro atoms. The predicted molar refractivity (Wildman–Crippen MR) is 93.1 cm³/mol. The summed E-state index contributed by atoms with van der Waals surface area (Å²) in [5, 5.41) is 10.3. The normalized spacial score (nSPS) is 11.8. The quantitative estimate of drug-likeness (QED) is 0.605. The summed E-state index contributed by atoms with van der Waals surface area (Å²) in [4.78, 5) is 24.1. The number of benzene rings is 1. The van der Waals surface area contributed by atoms with Crippen LogP contribution in [0.3, 0.4) is 0 Å². The van der Waals surface area contributed by atoms with Gasteiger partial charge in [-0.3, -0.25) is 9.59 Å². The number of nitrogens with one attached hydrogen (secondary N) is 1. The molecular weight excluding hydrogens is 354 g/mol. The maximum atomic E-state index is 12.4. The number of nitrogens with two attached hydrogens (primary N) is 1. The van der Waals surface area contributed by atoms with E-state index in [4.69, 9.17) is 22.2 Å². The first kappa shape index (κ1) is 18.1. The zero-order valence-corrected chi connectivity index (χ0v) is 14.8. The molecule has 2 aromatic rings. The average molecular weight is 370 g/mol. The fraction of sp³-hybridized carbons (Fsp3) is 0.286. The first-order chi connectivity index (χ1) is 11.3. The molecule has 1 aromatic carbocycles. The Morgan fingerprint density at radius 2 is 2.17 bits per heavy atom. The van der Waals surface area contributed by atoms with Crippen LogP contribution in [0.2, 0.25) is 5.02 Å². The van der Waals surface area contributed by atoms with Crippen molar-refractivity contribution in [3.05, 3.63) is 39.3 Å². The summed E-state index contributed by atoms with van der Waals surface area (Å²) in [6.45, 7) is 3.16. The maximum absolute atomic E-state index is 12.4. The fourth-order valence-corrected chi connectivity index (χ4v) is 2.71. The van der Waals surface area contributed by atoms with E-state index in [1.54, 1.807) is 25.1 Å². The molecule has 8 nitrogen and oxygen atoms in total. The van der Waals surface area contributed by atoms with Crippen molar-refractivity contribution in [3.63, 3.8) is 0 Å². The number of hydrogen-bond acceptors (Lipinski definition) is 7. The van der Waals surface area contributed by atoms with Gasteiger partial charge in [0, 0.05) is 5.02 Å². The number of amides is 1. The van der Waals surface area contributed by atoms with Crippen LogP contribution < -0.4 is 21.5 Å². The first-order valence-electron chi connectivity index (χ1n) is 6.86. The van der Waals surface area contributed by atoms with Gasteiger partial charge in [0.25, 0.3) is 5.56 Å². The van der Waals surface area contributed by atoms with Crippen molar-refractivity contribution in [1.82, 2.24) is 14.9 Å². The Balaban J connectivity index is 2.15. The molecule has 0 aliphatic rings. The van der Waals surface area contributed by atoms with E-state index in [1.165, 1.54) is 14.0 Å². The Bertz CT molecular complexity index is 827. The molecule has 0 unspecified atom stereocenters. The Morgan fingerprint density at radius 3 is 2.83 bits per heavy atom. The number of rotatable bonds is 5. The van der Waals surface area contributed by atoms with Crippen molar-refractivity contribution in [1.29, 1.82) is 0 Å². The third kappa shape index (κ3) is 3.98. The molecule has 1 atom stereocenters. The van der Waals surface area contributed by atoms with E-state index in [-0.39, 0.29) is 16.8 Å². The Hall–Kier alpha value is -2.26. The van der Waals surface area contributed by atoms with Crippen molar-refractivity contribution in [2.24, 2.45) is 0 Å². The van der Waals surface area contributed by atoms with E-state index in [9.17, 15) is 9.59 Å². The van der Waals surface area contributed by atoms with Crippen LogP contribution in [-0.2, 0) is 4.79 Å². The van der Waals surface area contributed by atoms with Crippen LogP contribution in [0.1, 0.15) is 12.6 Å². The molecule has 24 heavy (non-hydrogen) atoms. The van der Waals surface area contributed by atoms with E-state index in [2.05, 4.69) is 15.5 Å². The van der Waals surface area contributed by atoms with Crippen LogP contribution in [-0.4, -0.2) is 33.1 Å². The van der Waals surface area contributed by atoms with E-state index >= 15 is 0 Å². The van der Waals surface area contributed by atoms with E-state index < -0.39 is 10.8 Å². The standard InChI is InChI=1S/C14H16ClN5O3S/c1-7-13(22)20(16)14(19-18-7)24-8(2)12(21)17-10-6-9(15)4-5-11(10)23-3/h4-6,8H,16H2,1-3H3,(H,17,21)/t8-/m1/s1. The lowest BCUT2D eigenvalue weighted by molar-refractivity contribution is -0.115. The van der Waals surface area contributed by atoms with Gasteiger partial charge in [0.05, 0.1) is 18.0 Å². The lowest BCUT2D eigenvalue weighted by Gasteiger charge is -2.14. The third-order valence-electron chi connectivity index (χ3n) is 3.09. The van der Waals surface area contributed by atoms with Gasteiger partial charge in [-0.05, 0) is 32.0 Å². The fourth-order valence-electron chi connectivity index (χ4n) is 1.77. The van der Waals surface area contributed by atoms with Crippen molar-refractivity contribution in [2.45, 2.75) is 24.3 Å². The number of halogens is 1. The maximum Gasteiger partial charge on any atom is 0.294 e. The lowest BCUT2D eigenvalue weighted by atomic mass is 10.3. The van der Waals surface area contributed by atoms with E-state index in [0.717, 1.165) is 16.4 Å². The summed E-state index contributed by atoms with van der Waals surface area (Å²) in [6, 6.07) is 4.89. The molecule has 0 radical (unpaired) electrons. The van der Waals surface area contributed by atoms with Gasteiger partial charge >= 0.3 is 0 Å². The number of nitrogens with zero attached hydrogens (tertiary/aromatic N) is 3. The molecule has 0 bridgehead atoms. The zero-order chi connectivity index (χ0) is 17.9. The van der Waals surface area contributed by atoms with Crippen LogP contribution >= 0.6 is 23.4 Å². The average Bonchev–Trinajstić information content (AvgIpc) is 2.55. The molecule has 1 amide bonds. The van der Waals surface area contributed by atoms with Crippen LogP contribution in [0.25, 0.3) is 0 Å². The number of carbonyl (C=O) groups excluding carboxylic acids is 1. The second-order valence-corrected chi connectivity index (χ2v) is 6.58. The molecule has 0 fully saturated rings. The highest BCUT2D eigenvalue weighted by Gasteiger charge is 2.20. The van der Waals surface area contributed by atoms with Gasteiger partial charge in [0.15, 0.2) is 0 Å². The number of hydrogen-bond donors (Lipinski definition) is 2. The largest absolute Gasteiger partial charge is 0.495 e. The minimum Gasteiger partial charge on any atom is -0.495 e. The molecule has 1 heterocycles. The highest BCUT2D eigenvalue weighted by molar-refractivity contribution is 8.00. The van der Waals surface area contributed by atoms with Crippen LogP contribution in [0.4, 0.5) is 5.69 Å². The van der Waals surface area contributed by atoms with Gasteiger partial charge in [-0.15, -0.1) is 10.2 Å². The number of thioether (sulfide) groups is 1. The Labute approximate surface area is 147 Å². The van der Waals surface area contributed by atoms with Gasteiger partial charge in [-0.25, -0.2) is 0 Å². The molecule has 1 aromatic heterocycles. The van der Waals surface area contributed by atoms with Gasteiger partial charge in [-0.1, -0.05) is 23.4 Å². The highest BCUT2D eigenvalue weighted by atomic mass is 35.5. The summed E-state index contributed by atoms with van der Waals surface area (Å²) in [6.07, 6.45) is 0. The molecule has 0 saturated heterocycles. The minimum atomic E-state index is -0.583. The van der Waals surface area contributed by atoms with Gasteiger partial charge in [0.2, 0.25) is 11.1 Å². The van der Waals surface area contributed by atoms with Crippen LogP contribution in [0.5, 0.6) is 5.75 Å². The topological polar surface area (TPSA) is 112 Å². The van der Waals surface area contributed by atoms with Crippen LogP contribution in [0.15, 0.2) is 28.2 Å². The molecule has 10 heteroatoms. The SMILES string of the molecule is COc1ccc(Cl)cc1NC(=O)[C@@H](C)Sc1nnc(C)c(=O)n1N. The summed E-state index contributed by atoms with van der Waals surface area (Å²) >= 11 is 6.95. The highest BCUT2D eigenvalue weighted by Crippen LogP contribution is 2.29. The summed E-state index contributed by atoms with van der Waals surface area (Å²) in [7, 11) is 1.49. The molecular formula is C14H16ClN5O3S. The van der Waals surface area contributed by atoms with Gasteiger partial charge in [0.1, 0.15) is 11.4 Å². The molecule has 2 rings (SSSR count). The molecule has 0 aliphatic carbocycles. The summed E-state index contributed by atoms with van der Waals surface area (Å²) in [5.41, 5.74) is 0.168. The second kappa shape index (κ2) is 7.54. The minimum absolute atomic E-state index is 0.145. The summed E-state index contributed by atoms with van der Waals surface area (Å²) < 4.78 is 6.05. The number of methoxy groups -OCH3 is 1. The van der Waals surface area contributed by atoms with Gasteiger partial charge in [-0.2, -0.15) is 4.68 Å².